The van der Waals surface area contributed by atoms with Crippen LogP contribution >= 0.6 is 0 Å². The van der Waals surface area contributed by atoms with E-state index in [1.807, 2.05) is 0 Å². The van der Waals surface area contributed by atoms with E-state index in [1.165, 1.54) is 6.29 Å². The maximum atomic E-state index is 9.80. The molecule has 1 aliphatic heterocycles. The molecule has 0 aliphatic carbocycles. The Bertz CT molecular complexity index is 185. The van der Waals surface area contributed by atoms with Crippen molar-refractivity contribution in [2.45, 2.75) is 24.4 Å². The summed E-state index contributed by atoms with van der Waals surface area (Å²) < 4.78 is 9.78. The summed E-state index contributed by atoms with van der Waals surface area (Å²) in [7, 11) is 0. The lowest BCUT2D eigenvalue weighted by atomic mass is 10.0. The van der Waals surface area contributed by atoms with E-state index in [1.54, 1.807) is 0 Å². The second-order valence-electron chi connectivity index (χ2n) is 3.08. The highest BCUT2D eigenvalue weighted by Gasteiger charge is 2.37. The molecule has 1 aliphatic rings. The van der Waals surface area contributed by atoms with Gasteiger partial charge in [0.05, 0.1) is 13.2 Å². The van der Waals surface area contributed by atoms with Crippen molar-refractivity contribution in [3.63, 3.8) is 0 Å². The number of aliphatic hydroxyl groups excluding tert-OH is 3. The summed E-state index contributed by atoms with van der Waals surface area (Å²) in [5.74, 6) is 0. The largest absolute Gasteiger partial charge is 0.388 e. The molecule has 1 rings (SSSR count). The van der Waals surface area contributed by atoms with E-state index >= 15 is 0 Å². The molecule has 1 fully saturated rings. The number of hydrogen-bond donors (Lipinski definition) is 3. The molecule has 14 heavy (non-hydrogen) atoms. The molecule has 81 valence electrons. The van der Waals surface area contributed by atoms with Crippen molar-refractivity contribution in [2.75, 3.05) is 19.8 Å². The van der Waals surface area contributed by atoms with Gasteiger partial charge < -0.3 is 24.8 Å². The molecule has 4 atom stereocenters. The minimum atomic E-state index is -1.24. The molecule has 6 nitrogen and oxygen atoms in total. The van der Waals surface area contributed by atoms with E-state index in [2.05, 4.69) is 0 Å². The van der Waals surface area contributed by atoms with Crippen LogP contribution in [0.1, 0.15) is 0 Å². The van der Waals surface area contributed by atoms with Crippen LogP contribution in [0.4, 0.5) is 0 Å². The Labute approximate surface area is 81.1 Å². The zero-order valence-electron chi connectivity index (χ0n) is 7.50. The topological polar surface area (TPSA) is 96.2 Å². The van der Waals surface area contributed by atoms with Crippen molar-refractivity contribution in [3.8, 4) is 0 Å². The Morgan fingerprint density at radius 3 is 2.71 bits per heavy atom. The minimum Gasteiger partial charge on any atom is -0.388 e. The lowest BCUT2D eigenvalue weighted by Crippen LogP contribution is -2.54. The van der Waals surface area contributed by atoms with Gasteiger partial charge in [-0.15, -0.1) is 0 Å². The standard InChI is InChI=1S/C8H13O6/c9-1-2-13-4-6-8(12)7(11)5(10)3-14-6/h5-8,10-12H,2-4H2/t5-,6+,7+,8+/m0/s1. The normalized spacial score (nSPS) is 38.2. The highest BCUT2D eigenvalue weighted by Crippen LogP contribution is 2.15. The van der Waals surface area contributed by atoms with Crippen molar-refractivity contribution in [1.29, 1.82) is 0 Å². The monoisotopic (exact) mass is 205 g/mol. The van der Waals surface area contributed by atoms with E-state index < -0.39 is 24.4 Å². The molecule has 0 aromatic carbocycles. The van der Waals surface area contributed by atoms with Gasteiger partial charge in [0, 0.05) is 0 Å². The highest BCUT2D eigenvalue weighted by atomic mass is 16.6. The summed E-state index contributed by atoms with van der Waals surface area (Å²) in [6.45, 7) is -0.275. The Morgan fingerprint density at radius 1 is 1.36 bits per heavy atom. The second-order valence-corrected chi connectivity index (χ2v) is 3.08. The van der Waals surface area contributed by atoms with Gasteiger partial charge in [-0.25, -0.2) is 0 Å². The molecule has 3 N–H and O–H groups in total. The highest BCUT2D eigenvalue weighted by molar-refractivity contribution is 5.51. The predicted molar refractivity (Wildman–Crippen MR) is 44.3 cm³/mol. The van der Waals surface area contributed by atoms with Crippen LogP contribution in [-0.2, 0) is 14.3 Å². The Morgan fingerprint density at radius 2 is 2.07 bits per heavy atom. The summed E-state index contributed by atoms with van der Waals surface area (Å²) in [6.07, 6.45) is -2.73. The van der Waals surface area contributed by atoms with Gasteiger partial charge in [0.25, 0.3) is 0 Å². The van der Waals surface area contributed by atoms with Crippen molar-refractivity contribution in [3.05, 3.63) is 0 Å². The molecule has 1 saturated heterocycles. The molecule has 0 aromatic rings. The van der Waals surface area contributed by atoms with Gasteiger partial charge in [-0.1, -0.05) is 0 Å². The first-order chi connectivity index (χ1) is 6.66. The molecule has 6 heteroatoms. The Balaban J connectivity index is 2.34. The Hall–Kier alpha value is -0.530. The SMILES string of the molecule is O=[C]COC[C@H]1OC[C@H](O)[C@@H](O)[C@@H]1O. The van der Waals surface area contributed by atoms with E-state index in [0.29, 0.717) is 0 Å². The van der Waals surface area contributed by atoms with Crippen LogP contribution in [0.3, 0.4) is 0 Å². The summed E-state index contributed by atoms with van der Waals surface area (Å²) in [5, 5.41) is 27.8. The van der Waals surface area contributed by atoms with Crippen LogP contribution in [0.2, 0.25) is 0 Å². The predicted octanol–water partition coefficient (Wildman–Crippen LogP) is -2.41. The third-order valence-electron chi connectivity index (χ3n) is 2.05. The number of carbonyl (C=O) groups excluding carboxylic acids is 1. The van der Waals surface area contributed by atoms with Crippen molar-refractivity contribution < 1.29 is 29.6 Å². The van der Waals surface area contributed by atoms with Crippen LogP contribution in [-0.4, -0.2) is 65.8 Å². The summed E-state index contributed by atoms with van der Waals surface area (Å²) in [4.78, 5) is 9.80. The van der Waals surface area contributed by atoms with Gasteiger partial charge in [-0.2, -0.15) is 0 Å². The van der Waals surface area contributed by atoms with Gasteiger partial charge in [-0.3, -0.25) is 4.79 Å². The summed E-state index contributed by atoms with van der Waals surface area (Å²) in [5.41, 5.74) is 0. The number of rotatable bonds is 4. The van der Waals surface area contributed by atoms with Crippen molar-refractivity contribution in [2.24, 2.45) is 0 Å². The first-order valence-corrected chi connectivity index (χ1v) is 4.25. The van der Waals surface area contributed by atoms with Gasteiger partial charge in [0.2, 0.25) is 6.29 Å². The number of aliphatic hydroxyl groups is 3. The first-order valence-electron chi connectivity index (χ1n) is 4.25. The molecule has 0 aromatic heterocycles. The smallest absolute Gasteiger partial charge is 0.226 e. The third-order valence-corrected chi connectivity index (χ3v) is 2.05. The van der Waals surface area contributed by atoms with Gasteiger partial charge in [0.1, 0.15) is 31.0 Å². The molecular formula is C8H13O6. The molecule has 0 spiro atoms. The third kappa shape index (κ3) is 2.73. The van der Waals surface area contributed by atoms with Crippen LogP contribution in [0.15, 0.2) is 0 Å². The maximum absolute atomic E-state index is 9.80. The van der Waals surface area contributed by atoms with Gasteiger partial charge >= 0.3 is 0 Å². The fraction of sp³-hybridized carbons (Fsp3) is 0.875. The quantitative estimate of drug-likeness (QED) is 0.442. The van der Waals surface area contributed by atoms with E-state index in [0.717, 1.165) is 0 Å². The first kappa shape index (κ1) is 11.5. The molecule has 1 heterocycles. The molecular weight excluding hydrogens is 192 g/mol. The van der Waals surface area contributed by atoms with E-state index in [9.17, 15) is 15.0 Å². The zero-order chi connectivity index (χ0) is 10.6. The van der Waals surface area contributed by atoms with Gasteiger partial charge in [-0.05, 0) is 0 Å². The molecule has 0 saturated carbocycles. The van der Waals surface area contributed by atoms with Crippen LogP contribution in [0.5, 0.6) is 0 Å². The van der Waals surface area contributed by atoms with Crippen LogP contribution in [0.25, 0.3) is 0 Å². The fourth-order valence-electron chi connectivity index (χ4n) is 1.23. The zero-order valence-corrected chi connectivity index (χ0v) is 7.50. The van der Waals surface area contributed by atoms with Crippen LogP contribution in [0, 0.1) is 0 Å². The minimum absolute atomic E-state index is 0.0137. The lowest BCUT2D eigenvalue weighted by molar-refractivity contribution is -0.198. The van der Waals surface area contributed by atoms with Crippen molar-refractivity contribution in [1.82, 2.24) is 0 Å². The Kier molecular flexibility index (Phi) is 4.43. The average Bonchev–Trinajstić information content (AvgIpc) is 2.18. The van der Waals surface area contributed by atoms with E-state index in [-0.39, 0.29) is 19.8 Å². The van der Waals surface area contributed by atoms with Crippen molar-refractivity contribution >= 4 is 6.29 Å². The molecule has 1 radical (unpaired) electrons. The van der Waals surface area contributed by atoms with Gasteiger partial charge in [0.15, 0.2) is 0 Å². The summed E-state index contributed by atoms with van der Waals surface area (Å²) >= 11 is 0. The fourth-order valence-corrected chi connectivity index (χ4v) is 1.23. The lowest BCUT2D eigenvalue weighted by Gasteiger charge is -2.34. The summed E-state index contributed by atoms with van der Waals surface area (Å²) in [6, 6.07) is 0. The molecule has 0 unspecified atom stereocenters. The average molecular weight is 205 g/mol. The molecule has 0 bridgehead atoms. The second kappa shape index (κ2) is 5.38. The van der Waals surface area contributed by atoms with E-state index in [4.69, 9.17) is 14.6 Å². The maximum Gasteiger partial charge on any atom is 0.226 e. The number of ether oxygens (including phenoxy) is 2. The van der Waals surface area contributed by atoms with Crippen LogP contribution < -0.4 is 0 Å². The number of hydrogen-bond acceptors (Lipinski definition) is 6. The molecule has 0 amide bonds.